The summed E-state index contributed by atoms with van der Waals surface area (Å²) in [6, 6.07) is 20.0. The van der Waals surface area contributed by atoms with Gasteiger partial charge in [0.25, 0.3) is 0 Å². The molecule has 3 heterocycles. The number of likely N-dealkylation sites (tertiary alicyclic amines) is 1. The van der Waals surface area contributed by atoms with Gasteiger partial charge in [-0.05, 0) is 6.42 Å². The third kappa shape index (κ3) is 3.94. The first-order chi connectivity index (χ1) is 15.2. The summed E-state index contributed by atoms with van der Waals surface area (Å²) in [4.78, 5) is 2.40. The van der Waals surface area contributed by atoms with E-state index in [1.54, 1.807) is 7.11 Å². The number of hydrogen-bond donors (Lipinski definition) is 0. The number of methoxy groups -OCH3 is 1. The van der Waals surface area contributed by atoms with E-state index < -0.39 is 0 Å². The van der Waals surface area contributed by atoms with Gasteiger partial charge in [0.05, 0.1) is 23.1 Å². The summed E-state index contributed by atoms with van der Waals surface area (Å²) in [5.41, 5.74) is 4.18. The van der Waals surface area contributed by atoms with Gasteiger partial charge in [-0.3, -0.25) is 4.90 Å². The van der Waals surface area contributed by atoms with E-state index in [2.05, 4.69) is 27.2 Å². The zero-order valence-electron chi connectivity index (χ0n) is 17.4. The number of benzene rings is 2. The van der Waals surface area contributed by atoms with Gasteiger partial charge in [0, 0.05) is 37.9 Å². The van der Waals surface area contributed by atoms with Crippen LogP contribution < -0.4 is 0 Å². The Morgan fingerprint density at radius 1 is 0.935 bits per heavy atom. The fraction of sp³-hybridized carbons (Fsp3) is 0.292. The third-order valence-electron chi connectivity index (χ3n) is 5.88. The summed E-state index contributed by atoms with van der Waals surface area (Å²) in [5, 5.41) is 15.4. The topological polar surface area (TPSA) is 56.1 Å². The van der Waals surface area contributed by atoms with Crippen LogP contribution in [0.4, 0.5) is 0 Å². The molecule has 2 aromatic heterocycles. The van der Waals surface area contributed by atoms with Crippen LogP contribution in [0, 0.1) is 0 Å². The molecule has 1 atom stereocenters. The monoisotopic (exact) mass is 433 g/mol. The Morgan fingerprint density at radius 3 is 2.26 bits per heavy atom. The van der Waals surface area contributed by atoms with Crippen molar-refractivity contribution < 1.29 is 4.74 Å². The number of rotatable bonds is 6. The largest absolute Gasteiger partial charge is 0.380 e. The van der Waals surface area contributed by atoms with Crippen LogP contribution in [0.3, 0.4) is 0 Å². The molecular formula is C24H24ClN5O. The van der Waals surface area contributed by atoms with Crippen molar-refractivity contribution in [3.63, 3.8) is 0 Å². The van der Waals surface area contributed by atoms with E-state index in [1.165, 1.54) is 0 Å². The molecule has 0 saturated carbocycles. The molecule has 0 amide bonds. The predicted octanol–water partition coefficient (Wildman–Crippen LogP) is 4.53. The van der Waals surface area contributed by atoms with Crippen LogP contribution in [-0.4, -0.2) is 57.7 Å². The molecule has 1 fully saturated rings. The lowest BCUT2D eigenvalue weighted by molar-refractivity contribution is 0.107. The highest BCUT2D eigenvalue weighted by Crippen LogP contribution is 2.37. The lowest BCUT2D eigenvalue weighted by Crippen LogP contribution is -2.27. The molecule has 0 bridgehead atoms. The zero-order valence-corrected chi connectivity index (χ0v) is 18.2. The van der Waals surface area contributed by atoms with E-state index in [-0.39, 0.29) is 0 Å². The molecule has 31 heavy (non-hydrogen) atoms. The molecule has 0 N–H and O–H groups in total. The highest BCUT2D eigenvalue weighted by molar-refractivity contribution is 6.38. The third-order valence-corrected chi connectivity index (χ3v) is 6.25. The standard InChI is InChI=1S/C24H24ClN5O/c1-31-19-12-13-29(16-19)14-15-30-24-20(22(28-30)17-8-4-2-5-9-17)21(25)23(26-27-24)18-10-6-3-7-11-18/h2-11,19H,12-16H2,1H3/t19-/m1/s1. The van der Waals surface area contributed by atoms with E-state index in [1.807, 2.05) is 53.2 Å². The number of ether oxygens (including phenoxy) is 1. The van der Waals surface area contributed by atoms with Gasteiger partial charge in [0.15, 0.2) is 5.65 Å². The van der Waals surface area contributed by atoms with Crippen LogP contribution in [0.15, 0.2) is 60.7 Å². The van der Waals surface area contributed by atoms with Gasteiger partial charge in [-0.1, -0.05) is 72.3 Å². The molecule has 1 aliphatic rings. The van der Waals surface area contributed by atoms with Gasteiger partial charge in [-0.2, -0.15) is 5.10 Å². The van der Waals surface area contributed by atoms with Gasteiger partial charge in [0.1, 0.15) is 11.4 Å². The molecule has 0 spiro atoms. The maximum atomic E-state index is 6.93. The summed E-state index contributed by atoms with van der Waals surface area (Å²) >= 11 is 6.93. The van der Waals surface area contributed by atoms with E-state index in [9.17, 15) is 0 Å². The van der Waals surface area contributed by atoms with Gasteiger partial charge < -0.3 is 4.74 Å². The van der Waals surface area contributed by atoms with Crippen LogP contribution in [0.5, 0.6) is 0 Å². The van der Waals surface area contributed by atoms with E-state index in [4.69, 9.17) is 21.4 Å². The number of aromatic nitrogens is 4. The Hall–Kier alpha value is -2.80. The van der Waals surface area contributed by atoms with Gasteiger partial charge in [-0.15, -0.1) is 10.2 Å². The quantitative estimate of drug-likeness (QED) is 0.447. The molecule has 0 radical (unpaired) electrons. The minimum atomic E-state index is 0.317. The summed E-state index contributed by atoms with van der Waals surface area (Å²) in [6.07, 6.45) is 1.38. The number of fused-ring (bicyclic) bond motifs is 1. The van der Waals surface area contributed by atoms with Crippen molar-refractivity contribution >= 4 is 22.6 Å². The predicted molar refractivity (Wildman–Crippen MR) is 123 cm³/mol. The van der Waals surface area contributed by atoms with Crippen LogP contribution >= 0.6 is 11.6 Å². The fourth-order valence-electron chi connectivity index (χ4n) is 4.18. The average Bonchev–Trinajstić information content (AvgIpc) is 3.44. The molecule has 7 heteroatoms. The molecule has 1 saturated heterocycles. The Morgan fingerprint density at radius 2 is 1.61 bits per heavy atom. The van der Waals surface area contributed by atoms with Crippen LogP contribution in [-0.2, 0) is 11.3 Å². The minimum Gasteiger partial charge on any atom is -0.380 e. The van der Waals surface area contributed by atoms with Crippen LogP contribution in [0.25, 0.3) is 33.5 Å². The van der Waals surface area contributed by atoms with Crippen molar-refractivity contribution in [2.24, 2.45) is 0 Å². The molecule has 2 aromatic carbocycles. The lowest BCUT2D eigenvalue weighted by atomic mass is 10.1. The lowest BCUT2D eigenvalue weighted by Gasteiger charge is -2.15. The Bertz CT molecular complexity index is 1180. The van der Waals surface area contributed by atoms with Crippen LogP contribution in [0.1, 0.15) is 6.42 Å². The summed E-state index contributed by atoms with van der Waals surface area (Å²) < 4.78 is 7.43. The minimum absolute atomic E-state index is 0.317. The molecule has 0 unspecified atom stereocenters. The second kappa shape index (κ2) is 8.75. The highest BCUT2D eigenvalue weighted by Gasteiger charge is 2.24. The Kier molecular flexibility index (Phi) is 5.68. The maximum Gasteiger partial charge on any atom is 0.182 e. The molecule has 5 rings (SSSR count). The molecule has 0 aliphatic carbocycles. The van der Waals surface area contributed by atoms with Crippen LogP contribution in [0.2, 0.25) is 5.02 Å². The molecular weight excluding hydrogens is 410 g/mol. The van der Waals surface area contributed by atoms with Gasteiger partial charge in [0.2, 0.25) is 0 Å². The number of halogens is 1. The summed E-state index contributed by atoms with van der Waals surface area (Å²) in [7, 11) is 1.78. The van der Waals surface area contributed by atoms with Crippen molar-refractivity contribution in [2.45, 2.75) is 19.1 Å². The first-order valence-electron chi connectivity index (χ1n) is 10.5. The number of hydrogen-bond acceptors (Lipinski definition) is 5. The van der Waals surface area contributed by atoms with Gasteiger partial charge in [-0.25, -0.2) is 4.68 Å². The molecule has 6 nitrogen and oxygen atoms in total. The first-order valence-corrected chi connectivity index (χ1v) is 10.9. The second-order valence-corrected chi connectivity index (χ2v) is 8.19. The Labute approximate surface area is 186 Å². The van der Waals surface area contributed by atoms with E-state index in [0.717, 1.165) is 54.8 Å². The molecule has 158 valence electrons. The van der Waals surface area contributed by atoms with Crippen molar-refractivity contribution in [3.8, 4) is 22.5 Å². The van der Waals surface area contributed by atoms with Crippen molar-refractivity contribution in [2.75, 3.05) is 26.7 Å². The summed E-state index contributed by atoms with van der Waals surface area (Å²) in [6.45, 7) is 3.58. The smallest absolute Gasteiger partial charge is 0.182 e. The second-order valence-electron chi connectivity index (χ2n) is 7.81. The van der Waals surface area contributed by atoms with Crippen molar-refractivity contribution in [3.05, 3.63) is 65.7 Å². The highest BCUT2D eigenvalue weighted by atomic mass is 35.5. The normalized spacial score (nSPS) is 16.9. The zero-order chi connectivity index (χ0) is 21.2. The average molecular weight is 434 g/mol. The van der Waals surface area contributed by atoms with E-state index in [0.29, 0.717) is 22.5 Å². The van der Waals surface area contributed by atoms with E-state index >= 15 is 0 Å². The molecule has 1 aliphatic heterocycles. The van der Waals surface area contributed by atoms with Crippen molar-refractivity contribution in [1.82, 2.24) is 24.9 Å². The maximum absolute atomic E-state index is 6.93. The summed E-state index contributed by atoms with van der Waals surface area (Å²) in [5.74, 6) is 0. The SMILES string of the molecule is CO[C@@H]1CCN(CCn2nc(-c3ccccc3)c3c(Cl)c(-c4ccccc4)nnc32)C1. The fourth-order valence-corrected chi connectivity index (χ4v) is 4.50. The molecule has 4 aromatic rings. The van der Waals surface area contributed by atoms with Crippen molar-refractivity contribution in [1.29, 1.82) is 0 Å². The Balaban J connectivity index is 1.56. The number of nitrogens with zero attached hydrogens (tertiary/aromatic N) is 5. The van der Waals surface area contributed by atoms with Gasteiger partial charge >= 0.3 is 0 Å². The first kappa shape index (κ1) is 20.1.